The van der Waals surface area contributed by atoms with Crippen molar-refractivity contribution in [1.82, 2.24) is 5.32 Å². The Bertz CT molecular complexity index is 510. The van der Waals surface area contributed by atoms with E-state index in [1.165, 1.54) is 11.6 Å². The maximum atomic E-state index is 13.6. The van der Waals surface area contributed by atoms with Crippen molar-refractivity contribution in [3.63, 3.8) is 0 Å². The maximum Gasteiger partial charge on any atom is 0.126 e. The zero-order chi connectivity index (χ0) is 14.2. The minimum Gasteiger partial charge on any atom is -0.317 e. The van der Waals surface area contributed by atoms with Crippen molar-refractivity contribution in [2.45, 2.75) is 31.7 Å². The van der Waals surface area contributed by atoms with Crippen LogP contribution < -0.4 is 5.32 Å². The SMILES string of the molecule is CNC(CCCc1ccccc1)Cc1ccccc1F. The van der Waals surface area contributed by atoms with Crippen LogP contribution >= 0.6 is 0 Å². The molecule has 2 aromatic carbocycles. The molecule has 1 N–H and O–H groups in total. The molecule has 2 aromatic rings. The van der Waals surface area contributed by atoms with Gasteiger partial charge in [0.25, 0.3) is 0 Å². The van der Waals surface area contributed by atoms with Crippen molar-refractivity contribution in [3.05, 3.63) is 71.5 Å². The zero-order valence-electron chi connectivity index (χ0n) is 12.0. The van der Waals surface area contributed by atoms with E-state index in [0.717, 1.165) is 31.2 Å². The van der Waals surface area contributed by atoms with Gasteiger partial charge in [0, 0.05) is 6.04 Å². The average Bonchev–Trinajstić information content (AvgIpc) is 2.49. The summed E-state index contributed by atoms with van der Waals surface area (Å²) in [5, 5.41) is 3.30. The van der Waals surface area contributed by atoms with E-state index in [4.69, 9.17) is 0 Å². The third-order valence-electron chi connectivity index (χ3n) is 3.69. The van der Waals surface area contributed by atoms with Crippen LogP contribution in [0.1, 0.15) is 24.0 Å². The fourth-order valence-electron chi connectivity index (χ4n) is 2.48. The molecule has 1 atom stereocenters. The zero-order valence-corrected chi connectivity index (χ0v) is 12.0. The van der Waals surface area contributed by atoms with Crippen LogP contribution in [0.25, 0.3) is 0 Å². The molecule has 0 heterocycles. The minimum absolute atomic E-state index is 0.101. The van der Waals surface area contributed by atoms with Gasteiger partial charge >= 0.3 is 0 Å². The Balaban J connectivity index is 1.82. The average molecular weight is 271 g/mol. The number of hydrogen-bond donors (Lipinski definition) is 1. The summed E-state index contributed by atoms with van der Waals surface area (Å²) in [6, 6.07) is 17.9. The molecule has 0 saturated heterocycles. The topological polar surface area (TPSA) is 12.0 Å². The Morgan fingerprint density at radius 1 is 1.00 bits per heavy atom. The number of nitrogens with one attached hydrogen (secondary N) is 1. The maximum absolute atomic E-state index is 13.6. The van der Waals surface area contributed by atoms with Gasteiger partial charge in [0.2, 0.25) is 0 Å². The fourth-order valence-corrected chi connectivity index (χ4v) is 2.48. The molecule has 1 nitrogen and oxygen atoms in total. The molecule has 0 aliphatic heterocycles. The van der Waals surface area contributed by atoms with E-state index < -0.39 is 0 Å². The van der Waals surface area contributed by atoms with Gasteiger partial charge in [0.1, 0.15) is 5.82 Å². The molecule has 20 heavy (non-hydrogen) atoms. The van der Waals surface area contributed by atoms with Crippen LogP contribution in [0.3, 0.4) is 0 Å². The summed E-state index contributed by atoms with van der Waals surface area (Å²) < 4.78 is 13.6. The van der Waals surface area contributed by atoms with E-state index in [0.29, 0.717) is 6.04 Å². The van der Waals surface area contributed by atoms with Gasteiger partial charge in [-0.15, -0.1) is 0 Å². The van der Waals surface area contributed by atoms with Crippen molar-refractivity contribution in [3.8, 4) is 0 Å². The van der Waals surface area contributed by atoms with Crippen LogP contribution in [0, 0.1) is 5.82 Å². The Morgan fingerprint density at radius 3 is 2.40 bits per heavy atom. The molecule has 2 rings (SSSR count). The lowest BCUT2D eigenvalue weighted by molar-refractivity contribution is 0.489. The number of aryl methyl sites for hydroxylation is 1. The predicted octanol–water partition coefficient (Wildman–Crippen LogP) is 3.98. The van der Waals surface area contributed by atoms with Gasteiger partial charge in [-0.1, -0.05) is 48.5 Å². The molecule has 0 bridgehead atoms. The van der Waals surface area contributed by atoms with E-state index in [9.17, 15) is 4.39 Å². The molecule has 0 spiro atoms. The highest BCUT2D eigenvalue weighted by Gasteiger charge is 2.10. The first-order chi connectivity index (χ1) is 9.79. The first-order valence-electron chi connectivity index (χ1n) is 7.24. The highest BCUT2D eigenvalue weighted by molar-refractivity contribution is 5.18. The monoisotopic (exact) mass is 271 g/mol. The second-order valence-corrected chi connectivity index (χ2v) is 5.16. The van der Waals surface area contributed by atoms with Gasteiger partial charge in [-0.3, -0.25) is 0 Å². The van der Waals surface area contributed by atoms with Gasteiger partial charge in [0.05, 0.1) is 0 Å². The summed E-state index contributed by atoms with van der Waals surface area (Å²) in [5.41, 5.74) is 2.17. The quantitative estimate of drug-likeness (QED) is 0.803. The van der Waals surface area contributed by atoms with Crippen LogP contribution in [-0.4, -0.2) is 13.1 Å². The van der Waals surface area contributed by atoms with Gasteiger partial charge in [0.15, 0.2) is 0 Å². The molecule has 0 aromatic heterocycles. The van der Waals surface area contributed by atoms with Crippen molar-refractivity contribution in [1.29, 1.82) is 0 Å². The molecule has 1 unspecified atom stereocenters. The number of likely N-dealkylation sites (N-methyl/N-ethyl adjacent to an activating group) is 1. The highest BCUT2D eigenvalue weighted by Crippen LogP contribution is 2.13. The Labute approximate surface area is 120 Å². The summed E-state index contributed by atoms with van der Waals surface area (Å²) in [5.74, 6) is -0.101. The number of halogens is 1. The summed E-state index contributed by atoms with van der Waals surface area (Å²) in [7, 11) is 1.95. The largest absolute Gasteiger partial charge is 0.317 e. The lowest BCUT2D eigenvalue weighted by Gasteiger charge is -2.16. The summed E-state index contributed by atoms with van der Waals surface area (Å²) in [4.78, 5) is 0. The molecule has 0 aliphatic carbocycles. The first-order valence-corrected chi connectivity index (χ1v) is 7.24. The Hall–Kier alpha value is -1.67. The second kappa shape index (κ2) is 7.81. The van der Waals surface area contributed by atoms with Gasteiger partial charge in [-0.2, -0.15) is 0 Å². The van der Waals surface area contributed by atoms with Gasteiger partial charge < -0.3 is 5.32 Å². The molecule has 0 amide bonds. The fraction of sp³-hybridized carbons (Fsp3) is 0.333. The van der Waals surface area contributed by atoms with Gasteiger partial charge in [-0.05, 0) is 49.9 Å². The lowest BCUT2D eigenvalue weighted by Crippen LogP contribution is -2.28. The summed E-state index contributed by atoms with van der Waals surface area (Å²) in [6.45, 7) is 0. The van der Waals surface area contributed by atoms with Crippen LogP contribution in [0.4, 0.5) is 4.39 Å². The number of benzene rings is 2. The molecular formula is C18H22FN. The third kappa shape index (κ3) is 4.46. The van der Waals surface area contributed by atoms with E-state index >= 15 is 0 Å². The molecule has 0 radical (unpaired) electrons. The minimum atomic E-state index is -0.101. The highest BCUT2D eigenvalue weighted by atomic mass is 19.1. The molecule has 0 saturated carbocycles. The predicted molar refractivity (Wildman–Crippen MR) is 82.3 cm³/mol. The van der Waals surface area contributed by atoms with Crippen LogP contribution in [0.15, 0.2) is 54.6 Å². The van der Waals surface area contributed by atoms with Crippen molar-refractivity contribution >= 4 is 0 Å². The van der Waals surface area contributed by atoms with Gasteiger partial charge in [-0.25, -0.2) is 4.39 Å². The van der Waals surface area contributed by atoms with Crippen molar-refractivity contribution < 1.29 is 4.39 Å². The third-order valence-corrected chi connectivity index (χ3v) is 3.69. The van der Waals surface area contributed by atoms with E-state index in [1.54, 1.807) is 6.07 Å². The summed E-state index contributed by atoms with van der Waals surface area (Å²) >= 11 is 0. The second-order valence-electron chi connectivity index (χ2n) is 5.16. The molecule has 2 heteroatoms. The van der Waals surface area contributed by atoms with E-state index in [1.807, 2.05) is 25.2 Å². The van der Waals surface area contributed by atoms with Crippen molar-refractivity contribution in [2.75, 3.05) is 7.05 Å². The standard InChI is InChI=1S/C18H22FN/c1-20-17(14-16-11-5-6-13-18(16)19)12-7-10-15-8-3-2-4-9-15/h2-6,8-9,11,13,17,20H,7,10,12,14H2,1H3. The normalized spacial score (nSPS) is 12.3. The lowest BCUT2D eigenvalue weighted by atomic mass is 9.99. The number of rotatable bonds is 7. The smallest absolute Gasteiger partial charge is 0.126 e. The molecular weight excluding hydrogens is 249 g/mol. The summed E-state index contributed by atoms with van der Waals surface area (Å²) in [6.07, 6.45) is 4.00. The molecule has 106 valence electrons. The van der Waals surface area contributed by atoms with Crippen LogP contribution in [-0.2, 0) is 12.8 Å². The Morgan fingerprint density at radius 2 is 1.70 bits per heavy atom. The van der Waals surface area contributed by atoms with Crippen molar-refractivity contribution in [2.24, 2.45) is 0 Å². The Kier molecular flexibility index (Phi) is 5.75. The van der Waals surface area contributed by atoms with Crippen LogP contribution in [0.5, 0.6) is 0 Å². The molecule has 0 aliphatic rings. The van der Waals surface area contributed by atoms with E-state index in [-0.39, 0.29) is 5.82 Å². The van der Waals surface area contributed by atoms with E-state index in [2.05, 4.69) is 29.6 Å². The van der Waals surface area contributed by atoms with Crippen LogP contribution in [0.2, 0.25) is 0 Å². The first kappa shape index (κ1) is 14.7. The number of hydrogen-bond acceptors (Lipinski definition) is 1. The molecule has 0 fully saturated rings.